The van der Waals surface area contributed by atoms with Gasteiger partial charge in [0.05, 0.1) is 5.69 Å². The fraction of sp³-hybridized carbons (Fsp3) is 0.769. The highest BCUT2D eigenvalue weighted by Crippen LogP contribution is 2.29. The van der Waals surface area contributed by atoms with Crippen LogP contribution in [0.2, 0.25) is 0 Å². The van der Waals surface area contributed by atoms with E-state index in [4.69, 9.17) is 0 Å². The van der Waals surface area contributed by atoms with Crippen molar-refractivity contribution in [2.24, 2.45) is 0 Å². The lowest BCUT2D eigenvalue weighted by Crippen LogP contribution is -2.34. The molecule has 0 fully saturated rings. The lowest BCUT2D eigenvalue weighted by atomic mass is 9.98. The zero-order valence-electron chi connectivity index (χ0n) is 10.9. The Hall–Kier alpha value is -0.610. The molecule has 1 heterocycles. The highest BCUT2D eigenvalue weighted by atomic mass is 32.1. The second-order valence-electron chi connectivity index (χ2n) is 4.71. The first-order valence-corrected chi connectivity index (χ1v) is 7.61. The molecule has 0 bridgehead atoms. The minimum absolute atomic E-state index is 0.668. The summed E-state index contributed by atoms with van der Waals surface area (Å²) in [5, 5.41) is 8.14. The highest BCUT2D eigenvalue weighted by molar-refractivity contribution is 7.15. The summed E-state index contributed by atoms with van der Waals surface area (Å²) in [4.78, 5) is 6.17. The fourth-order valence-electron chi connectivity index (χ4n) is 2.21. The maximum Gasteiger partial charge on any atom is 0.183 e. The van der Waals surface area contributed by atoms with Crippen molar-refractivity contribution in [1.82, 2.24) is 10.3 Å². The zero-order valence-corrected chi connectivity index (χ0v) is 11.7. The average Bonchev–Trinajstić information content (AvgIpc) is 2.75. The Morgan fingerprint density at radius 2 is 2.12 bits per heavy atom. The number of nitrogens with one attached hydrogen (secondary N) is 2. The summed E-state index contributed by atoms with van der Waals surface area (Å²) in [6, 6.07) is 0.668. The number of rotatable bonds is 6. The molecule has 0 unspecified atom stereocenters. The van der Waals surface area contributed by atoms with Gasteiger partial charge in [-0.15, -0.1) is 11.3 Å². The van der Waals surface area contributed by atoms with E-state index >= 15 is 0 Å². The molecule has 2 N–H and O–H groups in total. The number of hydrogen-bond donors (Lipinski definition) is 2. The molecule has 4 heteroatoms. The first-order valence-electron chi connectivity index (χ1n) is 6.79. The standard InChI is InChI=1S/C13H23N3S/c1-3-7-14-10-5-6-11-12(9-10)17-13(16-11)15-8-4-2/h10,14H,3-9H2,1-2H3,(H,15,16)/t10-/m0/s1. The van der Waals surface area contributed by atoms with Crippen molar-refractivity contribution in [3.05, 3.63) is 10.6 Å². The Balaban J connectivity index is 1.93. The number of hydrogen-bond acceptors (Lipinski definition) is 4. The van der Waals surface area contributed by atoms with Crippen LogP contribution >= 0.6 is 11.3 Å². The van der Waals surface area contributed by atoms with Gasteiger partial charge in [0.15, 0.2) is 5.13 Å². The average molecular weight is 253 g/mol. The van der Waals surface area contributed by atoms with Crippen molar-refractivity contribution in [3.8, 4) is 0 Å². The smallest absolute Gasteiger partial charge is 0.183 e. The molecule has 96 valence electrons. The molecule has 0 amide bonds. The third-order valence-corrected chi connectivity index (χ3v) is 4.23. The van der Waals surface area contributed by atoms with Crippen LogP contribution in [-0.2, 0) is 12.8 Å². The Labute approximate surface area is 108 Å². The van der Waals surface area contributed by atoms with Gasteiger partial charge in [0, 0.05) is 17.5 Å². The van der Waals surface area contributed by atoms with E-state index in [1.165, 1.54) is 29.8 Å². The quantitative estimate of drug-likeness (QED) is 0.818. The first-order chi connectivity index (χ1) is 8.33. The van der Waals surface area contributed by atoms with Crippen LogP contribution in [0.4, 0.5) is 5.13 Å². The number of aryl methyl sites for hydroxylation is 1. The molecule has 17 heavy (non-hydrogen) atoms. The van der Waals surface area contributed by atoms with Gasteiger partial charge in [-0.1, -0.05) is 13.8 Å². The van der Waals surface area contributed by atoms with Gasteiger partial charge in [-0.2, -0.15) is 0 Å². The van der Waals surface area contributed by atoms with Gasteiger partial charge in [-0.05, 0) is 38.6 Å². The van der Waals surface area contributed by atoms with Gasteiger partial charge in [0.2, 0.25) is 0 Å². The Morgan fingerprint density at radius 1 is 1.29 bits per heavy atom. The molecule has 0 spiro atoms. The first kappa shape index (κ1) is 12.8. The summed E-state index contributed by atoms with van der Waals surface area (Å²) < 4.78 is 0. The van der Waals surface area contributed by atoms with E-state index in [0.717, 1.165) is 31.1 Å². The molecule has 3 nitrogen and oxygen atoms in total. The molecule has 0 aromatic carbocycles. The molecule has 0 saturated heterocycles. The van der Waals surface area contributed by atoms with Gasteiger partial charge in [0.25, 0.3) is 0 Å². The molecule has 0 radical (unpaired) electrons. The van der Waals surface area contributed by atoms with Crippen LogP contribution in [-0.4, -0.2) is 24.1 Å². The minimum Gasteiger partial charge on any atom is -0.362 e. The number of aromatic nitrogens is 1. The topological polar surface area (TPSA) is 37.0 Å². The van der Waals surface area contributed by atoms with Crippen molar-refractivity contribution >= 4 is 16.5 Å². The van der Waals surface area contributed by atoms with E-state index in [1.54, 1.807) is 0 Å². The number of thiazole rings is 1. The monoisotopic (exact) mass is 253 g/mol. The molecule has 1 aromatic rings. The van der Waals surface area contributed by atoms with Gasteiger partial charge < -0.3 is 10.6 Å². The van der Waals surface area contributed by atoms with Gasteiger partial charge in [-0.25, -0.2) is 4.98 Å². The van der Waals surface area contributed by atoms with Crippen molar-refractivity contribution in [3.63, 3.8) is 0 Å². The summed E-state index contributed by atoms with van der Waals surface area (Å²) in [6.45, 7) is 6.58. The van der Waals surface area contributed by atoms with Crippen LogP contribution in [0.25, 0.3) is 0 Å². The van der Waals surface area contributed by atoms with Crippen LogP contribution in [0, 0.1) is 0 Å². The number of fused-ring (bicyclic) bond motifs is 1. The van der Waals surface area contributed by atoms with E-state index in [9.17, 15) is 0 Å². The summed E-state index contributed by atoms with van der Waals surface area (Å²) in [5.41, 5.74) is 1.34. The van der Waals surface area contributed by atoms with Gasteiger partial charge in [0.1, 0.15) is 0 Å². The van der Waals surface area contributed by atoms with E-state index in [2.05, 4.69) is 29.5 Å². The SMILES string of the molecule is CCCNc1nc2c(s1)C[C@@H](NCCC)CC2. The largest absolute Gasteiger partial charge is 0.362 e. The molecular weight excluding hydrogens is 230 g/mol. The Kier molecular flexibility index (Phi) is 4.80. The van der Waals surface area contributed by atoms with Crippen LogP contribution in [0.1, 0.15) is 43.7 Å². The van der Waals surface area contributed by atoms with Crippen LogP contribution in [0.5, 0.6) is 0 Å². The van der Waals surface area contributed by atoms with Crippen molar-refractivity contribution < 1.29 is 0 Å². The predicted octanol–water partition coefficient (Wildman–Crippen LogP) is 2.82. The lowest BCUT2D eigenvalue weighted by molar-refractivity contribution is 0.460. The van der Waals surface area contributed by atoms with Gasteiger partial charge in [-0.3, -0.25) is 0 Å². The molecule has 1 aromatic heterocycles. The summed E-state index contributed by atoms with van der Waals surface area (Å²) in [7, 11) is 0. The Morgan fingerprint density at radius 3 is 2.88 bits per heavy atom. The van der Waals surface area contributed by atoms with E-state index in [0.29, 0.717) is 6.04 Å². The molecule has 2 rings (SSSR count). The summed E-state index contributed by atoms with van der Waals surface area (Å²) in [5.74, 6) is 0. The maximum absolute atomic E-state index is 4.68. The summed E-state index contributed by atoms with van der Waals surface area (Å²) >= 11 is 1.85. The third kappa shape index (κ3) is 3.42. The molecule has 0 aliphatic heterocycles. The fourth-order valence-corrected chi connectivity index (χ4v) is 3.32. The van der Waals surface area contributed by atoms with Crippen LogP contribution < -0.4 is 10.6 Å². The second kappa shape index (κ2) is 6.36. The summed E-state index contributed by atoms with van der Waals surface area (Å²) in [6.07, 6.45) is 5.92. The number of nitrogens with zero attached hydrogens (tertiary/aromatic N) is 1. The maximum atomic E-state index is 4.68. The van der Waals surface area contributed by atoms with Crippen LogP contribution in [0.3, 0.4) is 0 Å². The van der Waals surface area contributed by atoms with Crippen LogP contribution in [0.15, 0.2) is 0 Å². The van der Waals surface area contributed by atoms with E-state index < -0.39 is 0 Å². The van der Waals surface area contributed by atoms with Crippen molar-refractivity contribution in [2.75, 3.05) is 18.4 Å². The molecule has 0 saturated carbocycles. The van der Waals surface area contributed by atoms with Crippen molar-refractivity contribution in [1.29, 1.82) is 0 Å². The zero-order chi connectivity index (χ0) is 12.1. The second-order valence-corrected chi connectivity index (χ2v) is 5.79. The van der Waals surface area contributed by atoms with E-state index in [1.807, 2.05) is 11.3 Å². The Bertz CT molecular complexity index is 348. The van der Waals surface area contributed by atoms with Crippen molar-refractivity contribution in [2.45, 2.75) is 52.0 Å². The van der Waals surface area contributed by atoms with Gasteiger partial charge >= 0.3 is 0 Å². The normalized spacial score (nSPS) is 19.1. The highest BCUT2D eigenvalue weighted by Gasteiger charge is 2.21. The molecule has 1 aliphatic rings. The lowest BCUT2D eigenvalue weighted by Gasteiger charge is -2.21. The molecular formula is C13H23N3S. The molecule has 1 atom stereocenters. The minimum atomic E-state index is 0.668. The predicted molar refractivity (Wildman–Crippen MR) is 75.0 cm³/mol. The third-order valence-electron chi connectivity index (χ3n) is 3.15. The molecule has 1 aliphatic carbocycles. The van der Waals surface area contributed by atoms with E-state index in [-0.39, 0.29) is 0 Å². The number of anilines is 1.